The van der Waals surface area contributed by atoms with Gasteiger partial charge in [0.25, 0.3) is 0 Å². The molecule has 1 spiro atoms. The summed E-state index contributed by atoms with van der Waals surface area (Å²) in [6.45, 7) is 0. The zero-order valence-corrected chi connectivity index (χ0v) is 31.7. The van der Waals surface area contributed by atoms with E-state index in [2.05, 4.69) is 156 Å². The van der Waals surface area contributed by atoms with Crippen LogP contribution in [-0.2, 0) is 5.41 Å². The number of imidazole rings is 1. The van der Waals surface area contributed by atoms with Crippen LogP contribution in [-0.4, -0.2) is 24.5 Å². The SMILES string of the molecule is C1=CCC(c2nc(-c3ccccc3)nc(-c3cccc4oc5ccc(-c6ccc7c(c6)C6(c8ccccc8-7)c7ccccc7-n7c6nc6ccccc67)cc5c34)n2)C=C1. The van der Waals surface area contributed by atoms with Gasteiger partial charge in [-0.1, -0.05) is 140 Å². The van der Waals surface area contributed by atoms with E-state index in [1.807, 2.05) is 30.3 Å². The van der Waals surface area contributed by atoms with Gasteiger partial charge in [-0.3, -0.25) is 4.57 Å². The first kappa shape index (κ1) is 32.4. The average molecular weight is 756 g/mol. The molecule has 3 aromatic heterocycles. The summed E-state index contributed by atoms with van der Waals surface area (Å²) >= 11 is 0. The van der Waals surface area contributed by atoms with Gasteiger partial charge in [0.15, 0.2) is 11.6 Å². The van der Waals surface area contributed by atoms with Gasteiger partial charge in [-0.2, -0.15) is 0 Å². The zero-order chi connectivity index (χ0) is 38.7. The van der Waals surface area contributed by atoms with E-state index in [0.29, 0.717) is 11.6 Å². The highest BCUT2D eigenvalue weighted by Gasteiger charge is 2.54. The fraction of sp³-hybridized carbons (Fsp3) is 0.0566. The molecule has 2 unspecified atom stereocenters. The number of aromatic nitrogens is 5. The molecule has 3 aliphatic rings. The van der Waals surface area contributed by atoms with Gasteiger partial charge in [-0.25, -0.2) is 19.9 Å². The number of nitrogens with zero attached hydrogens (tertiary/aromatic N) is 5. The fourth-order valence-corrected chi connectivity index (χ4v) is 9.98. The highest BCUT2D eigenvalue weighted by atomic mass is 16.3. The summed E-state index contributed by atoms with van der Waals surface area (Å²) in [6, 6.07) is 56.1. The van der Waals surface area contributed by atoms with Crippen LogP contribution in [0.2, 0.25) is 0 Å². The Bertz CT molecular complexity index is 3450. The number of benzene rings is 7. The first-order chi connectivity index (χ1) is 29.2. The largest absolute Gasteiger partial charge is 0.456 e. The molecule has 13 rings (SSSR count). The highest BCUT2D eigenvalue weighted by molar-refractivity contribution is 6.13. The van der Waals surface area contributed by atoms with Crippen LogP contribution in [0.1, 0.15) is 40.7 Å². The molecule has 0 fully saturated rings. The average Bonchev–Trinajstić information content (AvgIpc) is 4.04. The van der Waals surface area contributed by atoms with E-state index in [1.165, 1.54) is 33.5 Å². The molecule has 1 aliphatic heterocycles. The third-order valence-electron chi connectivity index (χ3n) is 12.6. The Morgan fingerprint density at radius 3 is 2.22 bits per heavy atom. The van der Waals surface area contributed by atoms with E-state index < -0.39 is 5.41 Å². The van der Waals surface area contributed by atoms with Crippen LogP contribution in [0.5, 0.6) is 0 Å². The first-order valence-corrected chi connectivity index (χ1v) is 20.2. The van der Waals surface area contributed by atoms with Crippen LogP contribution in [0, 0.1) is 0 Å². The van der Waals surface area contributed by atoms with Gasteiger partial charge >= 0.3 is 0 Å². The van der Waals surface area contributed by atoms with Gasteiger partial charge in [0.05, 0.1) is 16.7 Å². The number of furan rings is 1. The van der Waals surface area contributed by atoms with E-state index in [9.17, 15) is 0 Å². The summed E-state index contributed by atoms with van der Waals surface area (Å²) in [6.07, 6.45) is 9.34. The van der Waals surface area contributed by atoms with Gasteiger partial charge < -0.3 is 4.42 Å². The molecule has 2 atom stereocenters. The van der Waals surface area contributed by atoms with Crippen LogP contribution in [0.3, 0.4) is 0 Å². The molecule has 276 valence electrons. The van der Waals surface area contributed by atoms with Crippen LogP contribution < -0.4 is 0 Å². The summed E-state index contributed by atoms with van der Waals surface area (Å²) in [7, 11) is 0. The van der Waals surface area contributed by atoms with E-state index in [1.54, 1.807) is 0 Å². The number of hydrogen-bond acceptors (Lipinski definition) is 5. The third-order valence-corrected chi connectivity index (χ3v) is 12.6. The molecular formula is C53H33N5O. The van der Waals surface area contributed by atoms with Crippen molar-refractivity contribution in [3.63, 3.8) is 0 Å². The second-order valence-corrected chi connectivity index (χ2v) is 15.7. The van der Waals surface area contributed by atoms with Crippen molar-refractivity contribution in [2.75, 3.05) is 0 Å². The van der Waals surface area contributed by atoms with Gasteiger partial charge in [-0.05, 0) is 87.8 Å². The van der Waals surface area contributed by atoms with Crippen molar-refractivity contribution in [1.29, 1.82) is 0 Å². The minimum absolute atomic E-state index is 0.0635. The van der Waals surface area contributed by atoms with Crippen molar-refractivity contribution < 1.29 is 4.42 Å². The Kier molecular flexibility index (Phi) is 6.67. The quantitative estimate of drug-likeness (QED) is 0.179. The van der Waals surface area contributed by atoms with E-state index >= 15 is 0 Å². The molecule has 0 bridgehead atoms. The summed E-state index contributed by atoms with van der Waals surface area (Å²) in [5, 5.41) is 2.01. The number of para-hydroxylation sites is 3. The van der Waals surface area contributed by atoms with E-state index in [0.717, 1.165) is 73.3 Å². The Morgan fingerprint density at radius 1 is 0.542 bits per heavy atom. The van der Waals surface area contributed by atoms with Crippen molar-refractivity contribution in [2.24, 2.45) is 0 Å². The maximum Gasteiger partial charge on any atom is 0.164 e. The summed E-state index contributed by atoms with van der Waals surface area (Å²) in [5.41, 5.74) is 14.7. The molecule has 4 heterocycles. The van der Waals surface area contributed by atoms with Crippen LogP contribution in [0.25, 0.3) is 83.7 Å². The predicted octanol–water partition coefficient (Wildman–Crippen LogP) is 12.4. The molecule has 0 saturated heterocycles. The number of allylic oxidation sites excluding steroid dienone is 4. The minimum Gasteiger partial charge on any atom is -0.456 e. The zero-order valence-electron chi connectivity index (χ0n) is 31.7. The topological polar surface area (TPSA) is 69.6 Å². The molecule has 0 N–H and O–H groups in total. The molecule has 6 nitrogen and oxygen atoms in total. The number of fused-ring (bicyclic) bond motifs is 15. The van der Waals surface area contributed by atoms with Crippen LogP contribution in [0.15, 0.2) is 186 Å². The lowest BCUT2D eigenvalue weighted by molar-refractivity contribution is 0.669. The van der Waals surface area contributed by atoms with Crippen molar-refractivity contribution in [3.8, 4) is 50.7 Å². The Balaban J connectivity index is 1.01. The lowest BCUT2D eigenvalue weighted by Crippen LogP contribution is -2.27. The maximum atomic E-state index is 6.56. The first-order valence-electron chi connectivity index (χ1n) is 20.2. The van der Waals surface area contributed by atoms with E-state index in [4.69, 9.17) is 24.4 Å². The van der Waals surface area contributed by atoms with Crippen molar-refractivity contribution in [2.45, 2.75) is 17.8 Å². The normalized spacial score (nSPS) is 17.2. The van der Waals surface area contributed by atoms with Crippen molar-refractivity contribution >= 4 is 33.0 Å². The molecular weight excluding hydrogens is 723 g/mol. The predicted molar refractivity (Wildman–Crippen MR) is 235 cm³/mol. The van der Waals surface area contributed by atoms with Gasteiger partial charge in [-0.15, -0.1) is 0 Å². The lowest BCUT2D eigenvalue weighted by Gasteiger charge is -2.27. The Labute approximate surface area is 339 Å². The lowest BCUT2D eigenvalue weighted by atomic mass is 9.72. The third kappa shape index (κ3) is 4.51. The number of rotatable bonds is 4. The van der Waals surface area contributed by atoms with Crippen molar-refractivity contribution in [1.82, 2.24) is 24.5 Å². The fourth-order valence-electron chi connectivity index (χ4n) is 9.98. The molecule has 2 aliphatic carbocycles. The smallest absolute Gasteiger partial charge is 0.164 e. The number of hydrogen-bond donors (Lipinski definition) is 0. The molecule has 6 heteroatoms. The van der Waals surface area contributed by atoms with Gasteiger partial charge in [0, 0.05) is 27.8 Å². The molecule has 59 heavy (non-hydrogen) atoms. The Morgan fingerprint density at radius 2 is 1.31 bits per heavy atom. The maximum absolute atomic E-state index is 6.56. The Hall–Kier alpha value is -7.70. The highest BCUT2D eigenvalue weighted by Crippen LogP contribution is 2.61. The molecule has 10 aromatic rings. The van der Waals surface area contributed by atoms with E-state index in [-0.39, 0.29) is 5.92 Å². The van der Waals surface area contributed by atoms with Crippen molar-refractivity contribution in [3.05, 3.63) is 210 Å². The second kappa shape index (κ2) is 12.2. The molecule has 0 radical (unpaired) electrons. The molecule has 7 aromatic carbocycles. The monoisotopic (exact) mass is 755 g/mol. The second-order valence-electron chi connectivity index (χ2n) is 15.7. The minimum atomic E-state index is -0.576. The summed E-state index contributed by atoms with van der Waals surface area (Å²) in [5.74, 6) is 3.16. The van der Waals surface area contributed by atoms with Gasteiger partial charge in [0.2, 0.25) is 0 Å². The van der Waals surface area contributed by atoms with Crippen LogP contribution >= 0.6 is 0 Å². The van der Waals surface area contributed by atoms with Crippen LogP contribution in [0.4, 0.5) is 0 Å². The standard InChI is InChI=1S/C53H33N5O/c1-3-14-32(15-4-1)49-55-50(33-16-5-2-6-17-33)57-51(56-49)38-19-13-25-47-48(38)39-30-34(27-29-46(39)59-47)35-26-28-37-36-18-7-8-20-40(36)53(42(37)31-35)41-21-9-11-23-44(41)58-45-24-12-10-22-43(45)54-52(53)58/h1-16,18-31,33H,17H2. The van der Waals surface area contributed by atoms with Gasteiger partial charge in [0.1, 0.15) is 28.2 Å². The molecule has 0 amide bonds. The summed E-state index contributed by atoms with van der Waals surface area (Å²) < 4.78 is 8.94. The summed E-state index contributed by atoms with van der Waals surface area (Å²) in [4.78, 5) is 20.7. The molecule has 0 saturated carbocycles.